The number of hydrogen-bond acceptors (Lipinski definition) is 4. The lowest BCUT2D eigenvalue weighted by atomic mass is 9.88. The molecule has 0 saturated carbocycles. The SMILES string of the molecule is Cc1cnn(C2CCCc3ccccc32)c1NC(=O)/C=C/c1cscn1. The van der Waals surface area contributed by atoms with Crippen molar-refractivity contribution in [1.82, 2.24) is 14.8 Å². The second-order valence-electron chi connectivity index (χ2n) is 6.46. The van der Waals surface area contributed by atoms with E-state index in [1.165, 1.54) is 28.5 Å². The van der Waals surface area contributed by atoms with Gasteiger partial charge in [0, 0.05) is 17.0 Å². The summed E-state index contributed by atoms with van der Waals surface area (Å²) in [4.78, 5) is 16.5. The molecule has 0 fully saturated rings. The van der Waals surface area contributed by atoms with Gasteiger partial charge < -0.3 is 5.32 Å². The van der Waals surface area contributed by atoms with E-state index in [9.17, 15) is 4.79 Å². The van der Waals surface area contributed by atoms with Crippen LogP contribution >= 0.6 is 11.3 Å². The predicted molar refractivity (Wildman–Crippen MR) is 104 cm³/mol. The minimum atomic E-state index is -0.174. The van der Waals surface area contributed by atoms with E-state index in [0.717, 1.165) is 36.3 Å². The van der Waals surface area contributed by atoms with Gasteiger partial charge in [0.05, 0.1) is 23.4 Å². The second kappa shape index (κ2) is 7.25. The Labute approximate surface area is 156 Å². The van der Waals surface area contributed by atoms with Crippen LogP contribution in [0, 0.1) is 6.92 Å². The molecule has 1 atom stereocenters. The van der Waals surface area contributed by atoms with Gasteiger partial charge in [-0.2, -0.15) is 5.10 Å². The van der Waals surface area contributed by atoms with Crippen LogP contribution in [0.3, 0.4) is 0 Å². The molecule has 1 unspecified atom stereocenters. The van der Waals surface area contributed by atoms with Crippen LogP contribution in [0.15, 0.2) is 47.4 Å². The molecule has 26 heavy (non-hydrogen) atoms. The molecule has 0 aliphatic heterocycles. The van der Waals surface area contributed by atoms with E-state index in [-0.39, 0.29) is 11.9 Å². The lowest BCUT2D eigenvalue weighted by Gasteiger charge is -2.27. The fraction of sp³-hybridized carbons (Fsp3) is 0.250. The topological polar surface area (TPSA) is 59.8 Å². The largest absolute Gasteiger partial charge is 0.307 e. The number of aryl methyl sites for hydroxylation is 2. The number of hydrogen-bond donors (Lipinski definition) is 1. The molecule has 1 aromatic carbocycles. The maximum Gasteiger partial charge on any atom is 0.249 e. The summed E-state index contributed by atoms with van der Waals surface area (Å²) >= 11 is 1.51. The van der Waals surface area contributed by atoms with Crippen LogP contribution in [0.25, 0.3) is 6.08 Å². The number of aromatic nitrogens is 3. The van der Waals surface area contributed by atoms with Crippen molar-refractivity contribution in [2.24, 2.45) is 0 Å². The quantitative estimate of drug-likeness (QED) is 0.705. The van der Waals surface area contributed by atoms with Crippen molar-refractivity contribution < 1.29 is 4.79 Å². The van der Waals surface area contributed by atoms with E-state index in [0.29, 0.717) is 0 Å². The summed E-state index contributed by atoms with van der Waals surface area (Å²) < 4.78 is 1.96. The van der Waals surface area contributed by atoms with Crippen molar-refractivity contribution in [3.8, 4) is 0 Å². The summed E-state index contributed by atoms with van der Waals surface area (Å²) in [6.45, 7) is 1.97. The third-order valence-corrected chi connectivity index (χ3v) is 5.31. The summed E-state index contributed by atoms with van der Waals surface area (Å²) in [6.07, 6.45) is 8.30. The average molecular weight is 364 g/mol. The number of rotatable bonds is 4. The van der Waals surface area contributed by atoms with E-state index in [2.05, 4.69) is 39.7 Å². The van der Waals surface area contributed by atoms with Gasteiger partial charge in [0.1, 0.15) is 5.82 Å². The summed E-state index contributed by atoms with van der Waals surface area (Å²) in [5.41, 5.74) is 6.17. The number of benzene rings is 1. The third kappa shape index (κ3) is 3.32. The fourth-order valence-electron chi connectivity index (χ4n) is 3.45. The van der Waals surface area contributed by atoms with Crippen molar-refractivity contribution in [1.29, 1.82) is 0 Å². The second-order valence-corrected chi connectivity index (χ2v) is 7.18. The van der Waals surface area contributed by atoms with Gasteiger partial charge in [-0.05, 0) is 43.4 Å². The Bertz CT molecular complexity index is 943. The molecule has 0 spiro atoms. The van der Waals surface area contributed by atoms with Gasteiger partial charge in [-0.1, -0.05) is 24.3 Å². The lowest BCUT2D eigenvalue weighted by Crippen LogP contribution is -2.22. The minimum absolute atomic E-state index is 0.159. The van der Waals surface area contributed by atoms with Crippen LogP contribution < -0.4 is 5.32 Å². The maximum absolute atomic E-state index is 12.4. The number of fused-ring (bicyclic) bond motifs is 1. The zero-order chi connectivity index (χ0) is 17.9. The van der Waals surface area contributed by atoms with Crippen molar-refractivity contribution in [3.63, 3.8) is 0 Å². The average Bonchev–Trinajstić information content (AvgIpc) is 3.30. The Morgan fingerprint density at radius 2 is 2.27 bits per heavy atom. The lowest BCUT2D eigenvalue weighted by molar-refractivity contribution is -0.111. The summed E-state index contributed by atoms with van der Waals surface area (Å²) in [7, 11) is 0. The molecule has 0 saturated heterocycles. The highest BCUT2D eigenvalue weighted by atomic mass is 32.1. The van der Waals surface area contributed by atoms with Crippen LogP contribution in [-0.4, -0.2) is 20.7 Å². The summed E-state index contributed by atoms with van der Waals surface area (Å²) in [5, 5.41) is 9.47. The number of nitrogens with one attached hydrogen (secondary N) is 1. The zero-order valence-corrected chi connectivity index (χ0v) is 15.4. The number of carbonyl (C=O) groups is 1. The Hall–Kier alpha value is -2.73. The molecule has 1 aliphatic carbocycles. The van der Waals surface area contributed by atoms with Crippen LogP contribution in [0.4, 0.5) is 5.82 Å². The van der Waals surface area contributed by atoms with E-state index >= 15 is 0 Å². The van der Waals surface area contributed by atoms with Crippen molar-refractivity contribution in [3.05, 3.63) is 69.8 Å². The zero-order valence-electron chi connectivity index (χ0n) is 14.6. The molecule has 132 valence electrons. The Balaban J connectivity index is 1.59. The minimum Gasteiger partial charge on any atom is -0.307 e. The summed E-state index contributed by atoms with van der Waals surface area (Å²) in [6, 6.07) is 8.67. The molecule has 2 aromatic heterocycles. The first-order chi connectivity index (χ1) is 12.7. The van der Waals surface area contributed by atoms with Crippen LogP contribution in [0.1, 0.15) is 41.3 Å². The Kier molecular flexibility index (Phi) is 4.67. The van der Waals surface area contributed by atoms with Gasteiger partial charge in [-0.3, -0.25) is 4.79 Å². The van der Waals surface area contributed by atoms with Crippen LogP contribution in [0.5, 0.6) is 0 Å². The molecule has 1 N–H and O–H groups in total. The molecular formula is C20H20N4OS. The van der Waals surface area contributed by atoms with Crippen molar-refractivity contribution in [2.75, 3.05) is 5.32 Å². The fourth-order valence-corrected chi connectivity index (χ4v) is 3.97. The standard InChI is InChI=1S/C20H20N4OS/c1-14-11-22-24(18-8-4-6-15-5-2-3-7-17(15)18)20(14)23-19(25)10-9-16-12-26-13-21-16/h2-3,5,7,9-13,18H,4,6,8H2,1H3,(H,23,25)/b10-9+. The van der Waals surface area contributed by atoms with Gasteiger partial charge in [0.15, 0.2) is 0 Å². The van der Waals surface area contributed by atoms with Crippen LogP contribution in [-0.2, 0) is 11.2 Å². The number of carbonyl (C=O) groups excluding carboxylic acids is 1. The van der Waals surface area contributed by atoms with E-state index < -0.39 is 0 Å². The van der Waals surface area contributed by atoms with Gasteiger partial charge in [-0.15, -0.1) is 11.3 Å². The molecule has 6 heteroatoms. The molecule has 4 rings (SSSR count). The predicted octanol–water partition coefficient (Wildman–Crippen LogP) is 4.23. The molecule has 2 heterocycles. The Morgan fingerprint density at radius 3 is 3.12 bits per heavy atom. The monoisotopic (exact) mass is 364 g/mol. The molecule has 1 aliphatic rings. The molecule has 3 aromatic rings. The first-order valence-corrected chi connectivity index (χ1v) is 9.66. The maximum atomic E-state index is 12.4. The van der Waals surface area contributed by atoms with Gasteiger partial charge >= 0.3 is 0 Å². The number of amides is 1. The number of nitrogens with zero attached hydrogens (tertiary/aromatic N) is 3. The van der Waals surface area contributed by atoms with E-state index in [1.54, 1.807) is 11.6 Å². The van der Waals surface area contributed by atoms with E-state index in [4.69, 9.17) is 0 Å². The smallest absolute Gasteiger partial charge is 0.249 e. The molecule has 0 radical (unpaired) electrons. The third-order valence-electron chi connectivity index (χ3n) is 4.71. The first-order valence-electron chi connectivity index (χ1n) is 8.71. The van der Waals surface area contributed by atoms with Gasteiger partial charge in [0.25, 0.3) is 0 Å². The van der Waals surface area contributed by atoms with Crippen molar-refractivity contribution >= 4 is 29.1 Å². The van der Waals surface area contributed by atoms with Crippen molar-refractivity contribution in [2.45, 2.75) is 32.2 Å². The van der Waals surface area contributed by atoms with Gasteiger partial charge in [0.2, 0.25) is 5.91 Å². The highest BCUT2D eigenvalue weighted by molar-refractivity contribution is 7.07. The molecule has 0 bridgehead atoms. The number of thiazole rings is 1. The Morgan fingerprint density at radius 1 is 1.38 bits per heavy atom. The molecular weight excluding hydrogens is 344 g/mol. The molecule has 1 amide bonds. The first kappa shape index (κ1) is 16.7. The molecule has 5 nitrogen and oxygen atoms in total. The van der Waals surface area contributed by atoms with Crippen LogP contribution in [0.2, 0.25) is 0 Å². The highest BCUT2D eigenvalue weighted by Crippen LogP contribution is 2.35. The highest BCUT2D eigenvalue weighted by Gasteiger charge is 2.25. The normalized spacial score (nSPS) is 16.6. The summed E-state index contributed by atoms with van der Waals surface area (Å²) in [5.74, 6) is 0.589. The van der Waals surface area contributed by atoms with Gasteiger partial charge in [-0.25, -0.2) is 9.67 Å². The number of anilines is 1. The van der Waals surface area contributed by atoms with E-state index in [1.807, 2.05) is 23.2 Å².